The molecule has 2 N–H and O–H groups in total. The quantitative estimate of drug-likeness (QED) is 0.437. The Bertz CT molecular complexity index is 179. The molecule has 1 aliphatic heterocycles. The lowest BCUT2D eigenvalue weighted by Crippen LogP contribution is -2.36. The third-order valence-electron chi connectivity index (χ3n) is 0.960. The molecule has 1 atom stereocenters. The molecule has 0 aromatic carbocycles. The number of carbonyl (C=O) groups excluding carboxylic acids is 2. The van der Waals surface area contributed by atoms with Crippen molar-refractivity contribution in [3.8, 4) is 0 Å². The van der Waals surface area contributed by atoms with E-state index >= 15 is 0 Å². The molecular formula is C4H5NO6. The first kappa shape index (κ1) is 7.92. The summed E-state index contributed by atoms with van der Waals surface area (Å²) in [6.07, 6.45) is -0.303. The van der Waals surface area contributed by atoms with E-state index in [0.717, 1.165) is 0 Å². The lowest BCUT2D eigenvalue weighted by molar-refractivity contribution is -0.602. The van der Waals surface area contributed by atoms with Crippen molar-refractivity contribution in [1.82, 2.24) is 0 Å². The molecule has 1 unspecified atom stereocenters. The zero-order valence-corrected chi connectivity index (χ0v) is 5.31. The van der Waals surface area contributed by atoms with E-state index in [-0.39, 0.29) is 6.42 Å². The number of hydrogen-bond acceptors (Lipinski definition) is 7. The van der Waals surface area contributed by atoms with Crippen LogP contribution in [0.2, 0.25) is 0 Å². The summed E-state index contributed by atoms with van der Waals surface area (Å²) in [7, 11) is 0. The van der Waals surface area contributed by atoms with Crippen molar-refractivity contribution < 1.29 is 29.4 Å². The highest BCUT2D eigenvalue weighted by Gasteiger charge is 2.24. The minimum Gasteiger partial charge on any atom is -0.318 e. The highest BCUT2D eigenvalue weighted by Crippen LogP contribution is 2.00. The topological polar surface area (TPSA) is 97.1 Å². The van der Waals surface area contributed by atoms with Crippen LogP contribution in [-0.2, 0) is 29.4 Å². The standard InChI is InChI=1S/C4H5NO6/c5-2-1-3(6)8-10-11-9-4(2)7/h2H,1,5H2. The predicted octanol–water partition coefficient (Wildman–Crippen LogP) is -1.42. The molecule has 0 amide bonds. The second-order valence-corrected chi connectivity index (χ2v) is 1.80. The van der Waals surface area contributed by atoms with Crippen molar-refractivity contribution in [2.24, 2.45) is 5.73 Å². The predicted molar refractivity (Wildman–Crippen MR) is 26.9 cm³/mol. The third kappa shape index (κ3) is 2.15. The van der Waals surface area contributed by atoms with Gasteiger partial charge in [-0.25, -0.2) is 9.59 Å². The highest BCUT2D eigenvalue weighted by molar-refractivity contribution is 5.82. The van der Waals surface area contributed by atoms with Crippen molar-refractivity contribution in [3.05, 3.63) is 0 Å². The summed E-state index contributed by atoms with van der Waals surface area (Å²) in [4.78, 5) is 28.8. The first-order valence-corrected chi connectivity index (χ1v) is 2.70. The molecule has 1 fully saturated rings. The molecule has 0 aromatic rings. The zero-order valence-electron chi connectivity index (χ0n) is 5.31. The van der Waals surface area contributed by atoms with Crippen LogP contribution in [0.4, 0.5) is 0 Å². The van der Waals surface area contributed by atoms with E-state index in [1.807, 2.05) is 0 Å². The summed E-state index contributed by atoms with van der Waals surface area (Å²) in [5, 5.41) is 7.31. The van der Waals surface area contributed by atoms with Crippen molar-refractivity contribution in [1.29, 1.82) is 0 Å². The summed E-state index contributed by atoms with van der Waals surface area (Å²) in [5.74, 6) is -1.68. The van der Waals surface area contributed by atoms with E-state index in [9.17, 15) is 9.59 Å². The van der Waals surface area contributed by atoms with Gasteiger partial charge in [0.25, 0.3) is 0 Å². The molecule has 1 rings (SSSR count). The van der Waals surface area contributed by atoms with Crippen LogP contribution in [0, 0.1) is 0 Å². The fourth-order valence-electron chi connectivity index (χ4n) is 0.458. The maximum absolute atomic E-state index is 10.6. The Morgan fingerprint density at radius 2 is 1.91 bits per heavy atom. The Hall–Kier alpha value is -1.18. The van der Waals surface area contributed by atoms with Gasteiger partial charge >= 0.3 is 11.9 Å². The number of nitrogens with two attached hydrogens (primary N) is 1. The number of rotatable bonds is 0. The summed E-state index contributed by atoms with van der Waals surface area (Å²) in [6.45, 7) is 0. The van der Waals surface area contributed by atoms with Gasteiger partial charge in [0.2, 0.25) is 0 Å². The molecule has 62 valence electrons. The van der Waals surface area contributed by atoms with Gasteiger partial charge in [0.05, 0.1) is 6.42 Å². The minimum atomic E-state index is -1.08. The molecule has 0 radical (unpaired) electrons. The van der Waals surface area contributed by atoms with Crippen LogP contribution in [0.25, 0.3) is 0 Å². The summed E-state index contributed by atoms with van der Waals surface area (Å²) in [6, 6.07) is -1.08. The monoisotopic (exact) mass is 163 g/mol. The van der Waals surface area contributed by atoms with Gasteiger partial charge in [-0.05, 0) is 0 Å². The number of hydrogen-bond donors (Lipinski definition) is 1. The smallest absolute Gasteiger partial charge is 0.318 e. The third-order valence-corrected chi connectivity index (χ3v) is 0.960. The first-order chi connectivity index (χ1) is 5.20. The molecule has 7 heteroatoms. The van der Waals surface area contributed by atoms with Crippen LogP contribution in [0.5, 0.6) is 0 Å². The lowest BCUT2D eigenvalue weighted by Gasteiger charge is -2.10. The van der Waals surface area contributed by atoms with Crippen molar-refractivity contribution in [3.63, 3.8) is 0 Å². The second-order valence-electron chi connectivity index (χ2n) is 1.80. The van der Waals surface area contributed by atoms with Crippen LogP contribution in [0.3, 0.4) is 0 Å². The van der Waals surface area contributed by atoms with E-state index in [4.69, 9.17) is 5.73 Å². The van der Waals surface area contributed by atoms with E-state index in [2.05, 4.69) is 19.9 Å². The molecule has 0 aliphatic carbocycles. The van der Waals surface area contributed by atoms with Gasteiger partial charge in [0.15, 0.2) is 0 Å². The lowest BCUT2D eigenvalue weighted by atomic mass is 10.2. The highest BCUT2D eigenvalue weighted by atomic mass is 17.7. The van der Waals surface area contributed by atoms with Crippen LogP contribution in [0.15, 0.2) is 0 Å². The summed E-state index contributed by atoms with van der Waals surface area (Å²) >= 11 is 0. The SMILES string of the molecule is NC1CC(=O)OOOOC1=O. The maximum atomic E-state index is 10.6. The molecule has 7 nitrogen and oxygen atoms in total. The van der Waals surface area contributed by atoms with Crippen molar-refractivity contribution >= 4 is 11.9 Å². The van der Waals surface area contributed by atoms with Gasteiger partial charge in [-0.3, -0.25) is 9.78 Å². The minimum absolute atomic E-state index is 0.303. The normalized spacial score (nSPS) is 26.5. The molecule has 11 heavy (non-hydrogen) atoms. The van der Waals surface area contributed by atoms with Gasteiger partial charge < -0.3 is 5.73 Å². The largest absolute Gasteiger partial charge is 0.362 e. The molecule has 1 saturated heterocycles. The molecule has 0 aromatic heterocycles. The molecule has 1 heterocycles. The average Bonchev–Trinajstić information content (AvgIpc) is 1.95. The summed E-state index contributed by atoms with van der Waals surface area (Å²) in [5.41, 5.74) is 5.13. The van der Waals surface area contributed by atoms with Gasteiger partial charge in [0, 0.05) is 10.1 Å². The maximum Gasteiger partial charge on any atom is 0.362 e. The van der Waals surface area contributed by atoms with E-state index < -0.39 is 18.0 Å². The average molecular weight is 163 g/mol. The van der Waals surface area contributed by atoms with Crippen LogP contribution in [0.1, 0.15) is 6.42 Å². The van der Waals surface area contributed by atoms with Crippen molar-refractivity contribution in [2.45, 2.75) is 12.5 Å². The Balaban J connectivity index is 2.51. The van der Waals surface area contributed by atoms with Crippen LogP contribution >= 0.6 is 0 Å². The number of carbonyl (C=O) groups is 2. The van der Waals surface area contributed by atoms with Gasteiger partial charge in [-0.1, -0.05) is 0 Å². The fraction of sp³-hybridized carbons (Fsp3) is 0.500. The molecule has 1 aliphatic rings. The van der Waals surface area contributed by atoms with Crippen LogP contribution in [-0.4, -0.2) is 18.0 Å². The van der Waals surface area contributed by atoms with Gasteiger partial charge in [0.1, 0.15) is 6.04 Å². The molecular weight excluding hydrogens is 158 g/mol. The molecule has 0 bridgehead atoms. The van der Waals surface area contributed by atoms with E-state index in [1.165, 1.54) is 0 Å². The van der Waals surface area contributed by atoms with Gasteiger partial charge in [-0.2, -0.15) is 0 Å². The Morgan fingerprint density at radius 3 is 2.64 bits per heavy atom. The summed E-state index contributed by atoms with van der Waals surface area (Å²) < 4.78 is 0. The Labute approximate surface area is 60.7 Å². The van der Waals surface area contributed by atoms with E-state index in [0.29, 0.717) is 0 Å². The molecule has 0 spiro atoms. The van der Waals surface area contributed by atoms with Gasteiger partial charge in [-0.15, -0.1) is 0 Å². The molecule has 0 saturated carbocycles. The Kier molecular flexibility index (Phi) is 2.36. The zero-order chi connectivity index (χ0) is 8.27. The van der Waals surface area contributed by atoms with Crippen LogP contribution < -0.4 is 5.73 Å². The fourth-order valence-corrected chi connectivity index (χ4v) is 0.458. The second kappa shape index (κ2) is 3.28. The van der Waals surface area contributed by atoms with Crippen molar-refractivity contribution in [2.75, 3.05) is 0 Å². The Morgan fingerprint density at radius 1 is 1.27 bits per heavy atom. The van der Waals surface area contributed by atoms with E-state index in [1.54, 1.807) is 0 Å². The first-order valence-electron chi connectivity index (χ1n) is 2.70.